The van der Waals surface area contributed by atoms with E-state index in [-0.39, 0.29) is 11.8 Å². The smallest absolute Gasteiger partial charge is 0.329 e. The van der Waals surface area contributed by atoms with E-state index in [0.29, 0.717) is 18.5 Å². The van der Waals surface area contributed by atoms with Crippen molar-refractivity contribution in [2.24, 2.45) is 11.8 Å². The molecule has 1 aromatic rings. The fourth-order valence-electron chi connectivity index (χ4n) is 3.46. The molecule has 1 heterocycles. The van der Waals surface area contributed by atoms with Gasteiger partial charge in [-0.05, 0) is 31.9 Å². The third kappa shape index (κ3) is 3.63. The van der Waals surface area contributed by atoms with E-state index in [1.54, 1.807) is 31.3 Å². The van der Waals surface area contributed by atoms with Gasteiger partial charge in [0.2, 0.25) is 11.8 Å². The molecule has 0 unspecified atom stereocenters. The summed E-state index contributed by atoms with van der Waals surface area (Å²) >= 11 is 0. The van der Waals surface area contributed by atoms with E-state index in [1.165, 1.54) is 11.8 Å². The quantitative estimate of drug-likeness (QED) is 0.446. The Kier molecular flexibility index (Phi) is 5.39. The first-order valence-electron chi connectivity index (χ1n) is 8.92. The second-order valence-electron chi connectivity index (χ2n) is 6.77. The number of benzene rings is 1. The van der Waals surface area contributed by atoms with Crippen LogP contribution in [0.15, 0.2) is 42.5 Å². The number of allylic oxidation sites excluding steroid dienone is 2. The number of likely N-dealkylation sites (N-methyl/N-ethyl adjacent to an activating group) is 1. The number of anilines is 1. The first-order chi connectivity index (χ1) is 12.9. The lowest BCUT2D eigenvalue weighted by Gasteiger charge is -2.22. The second-order valence-corrected chi connectivity index (χ2v) is 6.77. The van der Waals surface area contributed by atoms with E-state index in [4.69, 9.17) is 4.74 Å². The minimum Gasteiger partial charge on any atom is -0.454 e. The molecule has 1 aliphatic heterocycles. The van der Waals surface area contributed by atoms with Gasteiger partial charge >= 0.3 is 5.97 Å². The molecule has 0 spiro atoms. The van der Waals surface area contributed by atoms with E-state index < -0.39 is 36.4 Å². The Morgan fingerprint density at radius 1 is 1.11 bits per heavy atom. The van der Waals surface area contributed by atoms with Crippen molar-refractivity contribution in [2.75, 3.05) is 18.6 Å². The lowest BCUT2D eigenvalue weighted by molar-refractivity contribution is -0.159. The lowest BCUT2D eigenvalue weighted by Crippen LogP contribution is -2.45. The number of carbonyl (C=O) groups is 4. The molecule has 1 saturated heterocycles. The molecule has 0 saturated carbocycles. The minimum atomic E-state index is -1.05. The molecular formula is C20H22N2O5. The van der Waals surface area contributed by atoms with Crippen LogP contribution in [0, 0.1) is 11.8 Å². The van der Waals surface area contributed by atoms with E-state index in [0.717, 1.165) is 4.90 Å². The van der Waals surface area contributed by atoms with Gasteiger partial charge in [-0.25, -0.2) is 4.79 Å². The van der Waals surface area contributed by atoms with Crippen LogP contribution < -0.4 is 4.90 Å². The Hall–Kier alpha value is -2.96. The number of ether oxygens (including phenoxy) is 1. The predicted octanol–water partition coefficient (Wildman–Crippen LogP) is 1.53. The highest BCUT2D eigenvalue weighted by Gasteiger charge is 2.50. The molecule has 27 heavy (non-hydrogen) atoms. The zero-order valence-corrected chi connectivity index (χ0v) is 15.3. The van der Waals surface area contributed by atoms with Gasteiger partial charge in [0.1, 0.15) is 6.04 Å². The van der Waals surface area contributed by atoms with Crippen molar-refractivity contribution in [1.82, 2.24) is 4.90 Å². The summed E-state index contributed by atoms with van der Waals surface area (Å²) in [4.78, 5) is 52.0. The van der Waals surface area contributed by atoms with E-state index in [1.807, 2.05) is 18.2 Å². The third-order valence-electron chi connectivity index (χ3n) is 5.13. The number of amides is 3. The predicted molar refractivity (Wildman–Crippen MR) is 97.5 cm³/mol. The van der Waals surface area contributed by atoms with Crippen LogP contribution in [-0.4, -0.2) is 48.3 Å². The van der Waals surface area contributed by atoms with Crippen LogP contribution in [0.1, 0.15) is 19.8 Å². The summed E-state index contributed by atoms with van der Waals surface area (Å²) in [6, 6.07) is 7.91. The molecule has 0 bridgehead atoms. The molecule has 0 radical (unpaired) electrons. The van der Waals surface area contributed by atoms with Crippen LogP contribution in [0.3, 0.4) is 0 Å². The molecule has 1 fully saturated rings. The monoisotopic (exact) mass is 370 g/mol. The van der Waals surface area contributed by atoms with Crippen LogP contribution in [0.5, 0.6) is 0 Å². The first-order valence-corrected chi connectivity index (χ1v) is 8.92. The van der Waals surface area contributed by atoms with Crippen molar-refractivity contribution in [3.63, 3.8) is 0 Å². The second kappa shape index (κ2) is 7.73. The van der Waals surface area contributed by atoms with Crippen molar-refractivity contribution in [1.29, 1.82) is 0 Å². The summed E-state index contributed by atoms with van der Waals surface area (Å²) in [6.45, 7) is 0.994. The maximum Gasteiger partial charge on any atom is 0.329 e. The number of para-hydroxylation sites is 1. The van der Waals surface area contributed by atoms with Crippen molar-refractivity contribution in [3.05, 3.63) is 42.5 Å². The summed E-state index contributed by atoms with van der Waals surface area (Å²) in [7, 11) is 1.58. The Labute approximate surface area is 157 Å². The molecule has 142 valence electrons. The average Bonchev–Trinajstić information content (AvgIpc) is 2.96. The van der Waals surface area contributed by atoms with Gasteiger partial charge in [-0.2, -0.15) is 0 Å². The van der Waals surface area contributed by atoms with Gasteiger partial charge in [0, 0.05) is 12.7 Å². The highest BCUT2D eigenvalue weighted by molar-refractivity contribution is 6.08. The first kappa shape index (κ1) is 18.8. The van der Waals surface area contributed by atoms with Gasteiger partial charge in [-0.3, -0.25) is 19.3 Å². The SMILES string of the molecule is C[C@@H](C(=O)OCC(=O)N(C)c1ccccc1)N1C(=O)[C@@H]2CC=CC[C@H]2C1=O. The Balaban J connectivity index is 1.59. The van der Waals surface area contributed by atoms with Crippen LogP contribution in [0.4, 0.5) is 5.69 Å². The molecular weight excluding hydrogens is 348 g/mol. The maximum atomic E-state index is 12.5. The topological polar surface area (TPSA) is 84.0 Å². The van der Waals surface area contributed by atoms with E-state index in [2.05, 4.69) is 0 Å². The number of esters is 1. The number of hydrogen-bond acceptors (Lipinski definition) is 5. The lowest BCUT2D eigenvalue weighted by atomic mass is 9.85. The number of rotatable bonds is 5. The van der Waals surface area contributed by atoms with Crippen molar-refractivity contribution in [2.45, 2.75) is 25.8 Å². The van der Waals surface area contributed by atoms with Crippen LogP contribution >= 0.6 is 0 Å². The van der Waals surface area contributed by atoms with Crippen molar-refractivity contribution in [3.8, 4) is 0 Å². The number of likely N-dealkylation sites (tertiary alicyclic amines) is 1. The van der Waals surface area contributed by atoms with Gasteiger partial charge in [0.05, 0.1) is 11.8 Å². The molecule has 1 aromatic carbocycles. The van der Waals surface area contributed by atoms with Gasteiger partial charge in [0.15, 0.2) is 6.61 Å². The largest absolute Gasteiger partial charge is 0.454 e. The number of hydrogen-bond donors (Lipinski definition) is 0. The highest BCUT2D eigenvalue weighted by Crippen LogP contribution is 2.36. The number of carbonyl (C=O) groups excluding carboxylic acids is 4. The zero-order valence-electron chi connectivity index (χ0n) is 15.3. The number of imide groups is 1. The molecule has 3 atom stereocenters. The minimum absolute atomic E-state index is 0.341. The molecule has 3 rings (SSSR count). The van der Waals surface area contributed by atoms with Gasteiger partial charge in [-0.15, -0.1) is 0 Å². The Morgan fingerprint density at radius 3 is 2.22 bits per heavy atom. The third-order valence-corrected chi connectivity index (χ3v) is 5.13. The summed E-state index contributed by atoms with van der Waals surface area (Å²) in [5.41, 5.74) is 0.674. The van der Waals surface area contributed by atoms with Crippen LogP contribution in [0.2, 0.25) is 0 Å². The fraction of sp³-hybridized carbons (Fsp3) is 0.400. The normalized spacial score (nSPS) is 22.4. The van der Waals surface area contributed by atoms with E-state index in [9.17, 15) is 19.2 Å². The van der Waals surface area contributed by atoms with Gasteiger partial charge in [-0.1, -0.05) is 30.4 Å². The zero-order chi connectivity index (χ0) is 19.6. The summed E-state index contributed by atoms with van der Waals surface area (Å²) in [5, 5.41) is 0. The number of nitrogens with zero attached hydrogens (tertiary/aromatic N) is 2. The highest BCUT2D eigenvalue weighted by atomic mass is 16.5. The molecule has 7 nitrogen and oxygen atoms in total. The fourth-order valence-corrected chi connectivity index (χ4v) is 3.46. The number of fused-ring (bicyclic) bond motifs is 1. The maximum absolute atomic E-state index is 12.5. The van der Waals surface area contributed by atoms with Crippen molar-refractivity contribution < 1.29 is 23.9 Å². The van der Waals surface area contributed by atoms with Crippen molar-refractivity contribution >= 4 is 29.4 Å². The standard InChI is InChI=1S/C20H22N2O5/c1-13(22-18(24)15-10-6-7-11-16(15)19(22)25)20(26)27-12-17(23)21(2)14-8-4-3-5-9-14/h3-9,13,15-16H,10-12H2,1-2H3/t13-,15+,16+/m0/s1. The van der Waals surface area contributed by atoms with Gasteiger partial charge in [0.25, 0.3) is 5.91 Å². The molecule has 0 N–H and O–H groups in total. The Morgan fingerprint density at radius 2 is 1.67 bits per heavy atom. The molecule has 1 aliphatic carbocycles. The summed E-state index contributed by atoms with van der Waals surface area (Å²) in [5.74, 6) is -2.65. The summed E-state index contributed by atoms with van der Waals surface area (Å²) < 4.78 is 5.08. The average molecular weight is 370 g/mol. The molecule has 2 aliphatic rings. The Bertz CT molecular complexity index is 763. The molecule has 0 aromatic heterocycles. The summed E-state index contributed by atoms with van der Waals surface area (Å²) in [6.07, 6.45) is 4.79. The van der Waals surface area contributed by atoms with Crippen LogP contribution in [-0.2, 0) is 23.9 Å². The molecule has 3 amide bonds. The van der Waals surface area contributed by atoms with Gasteiger partial charge < -0.3 is 9.64 Å². The van der Waals surface area contributed by atoms with Crippen LogP contribution in [0.25, 0.3) is 0 Å². The molecule has 7 heteroatoms. The van der Waals surface area contributed by atoms with E-state index >= 15 is 0 Å².